The fourth-order valence-corrected chi connectivity index (χ4v) is 1.63. The molecule has 0 heterocycles. The zero-order valence-electron chi connectivity index (χ0n) is 9.90. The van der Waals surface area contributed by atoms with Crippen LogP contribution in [0.3, 0.4) is 0 Å². The maximum absolute atomic E-state index is 9.84. The predicted octanol–water partition coefficient (Wildman–Crippen LogP) is 1.13. The Morgan fingerprint density at radius 3 is 2.21 bits per heavy atom. The second-order valence-corrected chi connectivity index (χ2v) is 4.30. The molecule has 0 saturated heterocycles. The third kappa shape index (κ3) is 8.48. The van der Waals surface area contributed by atoms with Crippen LogP contribution < -0.4 is 10.6 Å². The van der Waals surface area contributed by atoms with E-state index in [-0.39, 0.29) is 0 Å². The van der Waals surface area contributed by atoms with Crippen molar-refractivity contribution in [2.75, 3.05) is 27.2 Å². The number of hydrogen-bond donors (Lipinski definition) is 3. The van der Waals surface area contributed by atoms with Gasteiger partial charge in [0.2, 0.25) is 0 Å². The number of rotatable bonds is 9. The van der Waals surface area contributed by atoms with Gasteiger partial charge < -0.3 is 15.7 Å². The summed E-state index contributed by atoms with van der Waals surface area (Å²) in [7, 11) is 3.86. The largest absolute Gasteiger partial charge is 0.389 e. The van der Waals surface area contributed by atoms with Crippen LogP contribution in [0.2, 0.25) is 0 Å². The second kappa shape index (κ2) is 8.21. The summed E-state index contributed by atoms with van der Waals surface area (Å²) in [4.78, 5) is 0. The summed E-state index contributed by atoms with van der Waals surface area (Å²) < 4.78 is 0. The molecule has 3 N–H and O–H groups in total. The van der Waals surface area contributed by atoms with Gasteiger partial charge in [0.1, 0.15) is 0 Å². The molecule has 0 spiro atoms. The minimum Gasteiger partial charge on any atom is -0.389 e. The molecule has 0 aliphatic rings. The quantitative estimate of drug-likeness (QED) is 0.491. The van der Waals surface area contributed by atoms with Gasteiger partial charge in [-0.1, -0.05) is 19.3 Å². The average Bonchev–Trinajstić information content (AvgIpc) is 2.11. The Labute approximate surface area is 88.3 Å². The molecule has 0 rings (SSSR count). The van der Waals surface area contributed by atoms with Crippen molar-refractivity contribution in [2.45, 2.75) is 44.6 Å². The van der Waals surface area contributed by atoms with Crippen LogP contribution in [0.25, 0.3) is 0 Å². The highest BCUT2D eigenvalue weighted by Gasteiger charge is 2.17. The van der Waals surface area contributed by atoms with Gasteiger partial charge in [0.15, 0.2) is 0 Å². The highest BCUT2D eigenvalue weighted by molar-refractivity contribution is 4.74. The van der Waals surface area contributed by atoms with Crippen molar-refractivity contribution in [1.29, 1.82) is 0 Å². The Balaban J connectivity index is 3.26. The molecule has 0 radical (unpaired) electrons. The predicted molar refractivity (Wildman–Crippen MR) is 61.6 cm³/mol. The van der Waals surface area contributed by atoms with Crippen LogP contribution in [0.4, 0.5) is 0 Å². The van der Waals surface area contributed by atoms with Gasteiger partial charge in [-0.05, 0) is 40.4 Å². The molecule has 0 aromatic heterocycles. The van der Waals surface area contributed by atoms with E-state index in [1.54, 1.807) is 0 Å². The Hall–Kier alpha value is -0.120. The molecule has 1 unspecified atom stereocenters. The lowest BCUT2D eigenvalue weighted by molar-refractivity contribution is 0.0500. The first-order valence-corrected chi connectivity index (χ1v) is 5.64. The standard InChI is InChI=1S/C11H26N2O/c1-11(14,10-13-3)8-6-4-5-7-9-12-2/h12-14H,4-10H2,1-3H3. The molecule has 0 aliphatic carbocycles. The Morgan fingerprint density at radius 2 is 1.64 bits per heavy atom. The van der Waals surface area contributed by atoms with E-state index in [0.717, 1.165) is 19.4 Å². The van der Waals surface area contributed by atoms with Crippen LogP contribution in [0, 0.1) is 0 Å². The molecule has 14 heavy (non-hydrogen) atoms. The third-order valence-corrected chi connectivity index (χ3v) is 2.45. The maximum Gasteiger partial charge on any atom is 0.0743 e. The Bertz CT molecular complexity index is 126. The average molecular weight is 202 g/mol. The van der Waals surface area contributed by atoms with Gasteiger partial charge in [-0.15, -0.1) is 0 Å². The topological polar surface area (TPSA) is 44.3 Å². The van der Waals surface area contributed by atoms with E-state index in [0.29, 0.717) is 6.54 Å². The van der Waals surface area contributed by atoms with Crippen LogP contribution in [0.5, 0.6) is 0 Å². The summed E-state index contributed by atoms with van der Waals surface area (Å²) in [5.74, 6) is 0. The van der Waals surface area contributed by atoms with Crippen molar-refractivity contribution < 1.29 is 5.11 Å². The van der Waals surface area contributed by atoms with Crippen LogP contribution >= 0.6 is 0 Å². The lowest BCUT2D eigenvalue weighted by Crippen LogP contribution is -2.35. The van der Waals surface area contributed by atoms with E-state index in [1.165, 1.54) is 19.3 Å². The van der Waals surface area contributed by atoms with Gasteiger partial charge >= 0.3 is 0 Å². The zero-order valence-corrected chi connectivity index (χ0v) is 9.90. The first-order valence-electron chi connectivity index (χ1n) is 5.64. The van der Waals surface area contributed by atoms with E-state index in [1.807, 2.05) is 21.0 Å². The summed E-state index contributed by atoms with van der Waals surface area (Å²) in [6.45, 7) is 3.69. The molecule has 0 bridgehead atoms. The number of unbranched alkanes of at least 4 members (excludes halogenated alkanes) is 3. The molecular weight excluding hydrogens is 176 g/mol. The van der Waals surface area contributed by atoms with Crippen molar-refractivity contribution in [2.24, 2.45) is 0 Å². The van der Waals surface area contributed by atoms with Crippen LogP contribution in [0.15, 0.2) is 0 Å². The van der Waals surface area contributed by atoms with Crippen molar-refractivity contribution in [3.05, 3.63) is 0 Å². The highest BCUT2D eigenvalue weighted by atomic mass is 16.3. The monoisotopic (exact) mass is 202 g/mol. The van der Waals surface area contributed by atoms with Crippen molar-refractivity contribution in [3.8, 4) is 0 Å². The van der Waals surface area contributed by atoms with Gasteiger partial charge in [-0.25, -0.2) is 0 Å². The smallest absolute Gasteiger partial charge is 0.0743 e. The molecule has 0 aromatic rings. The normalized spacial score (nSPS) is 15.4. The lowest BCUT2D eigenvalue weighted by atomic mass is 9.98. The fraction of sp³-hybridized carbons (Fsp3) is 1.00. The van der Waals surface area contributed by atoms with E-state index < -0.39 is 5.60 Å². The summed E-state index contributed by atoms with van der Waals surface area (Å²) in [6, 6.07) is 0. The van der Waals surface area contributed by atoms with Crippen molar-refractivity contribution >= 4 is 0 Å². The summed E-state index contributed by atoms with van der Waals surface area (Å²) in [6.07, 6.45) is 5.74. The van der Waals surface area contributed by atoms with E-state index in [9.17, 15) is 5.11 Å². The van der Waals surface area contributed by atoms with Crippen LogP contribution in [-0.4, -0.2) is 37.9 Å². The molecule has 0 aromatic carbocycles. The minimum absolute atomic E-state index is 0.530. The van der Waals surface area contributed by atoms with Gasteiger partial charge in [0.05, 0.1) is 5.60 Å². The van der Waals surface area contributed by atoms with E-state index >= 15 is 0 Å². The molecular formula is C11H26N2O. The second-order valence-electron chi connectivity index (χ2n) is 4.30. The summed E-state index contributed by atoms with van der Waals surface area (Å²) in [5.41, 5.74) is -0.530. The molecule has 86 valence electrons. The zero-order chi connectivity index (χ0) is 10.9. The first-order chi connectivity index (χ1) is 6.62. The van der Waals surface area contributed by atoms with Gasteiger partial charge in [-0.2, -0.15) is 0 Å². The van der Waals surface area contributed by atoms with Crippen LogP contribution in [0.1, 0.15) is 39.0 Å². The summed E-state index contributed by atoms with van der Waals surface area (Å²) >= 11 is 0. The molecule has 3 heteroatoms. The Morgan fingerprint density at radius 1 is 1.00 bits per heavy atom. The molecule has 0 fully saturated rings. The molecule has 1 atom stereocenters. The summed E-state index contributed by atoms with van der Waals surface area (Å²) in [5, 5.41) is 16.0. The van der Waals surface area contributed by atoms with Crippen molar-refractivity contribution in [3.63, 3.8) is 0 Å². The molecule has 0 aliphatic heterocycles. The van der Waals surface area contributed by atoms with Crippen LogP contribution in [-0.2, 0) is 0 Å². The number of nitrogens with one attached hydrogen (secondary N) is 2. The minimum atomic E-state index is -0.530. The van der Waals surface area contributed by atoms with Gasteiger partial charge in [-0.3, -0.25) is 0 Å². The fourth-order valence-electron chi connectivity index (χ4n) is 1.63. The SMILES string of the molecule is CNCCCCCCC(C)(O)CNC. The third-order valence-electron chi connectivity index (χ3n) is 2.45. The molecule has 0 amide bonds. The van der Waals surface area contributed by atoms with Gasteiger partial charge in [0.25, 0.3) is 0 Å². The molecule has 0 saturated carbocycles. The number of hydrogen-bond acceptors (Lipinski definition) is 3. The maximum atomic E-state index is 9.84. The highest BCUT2D eigenvalue weighted by Crippen LogP contribution is 2.13. The number of aliphatic hydroxyl groups is 1. The number of likely N-dealkylation sites (N-methyl/N-ethyl adjacent to an activating group) is 1. The van der Waals surface area contributed by atoms with E-state index in [4.69, 9.17) is 0 Å². The molecule has 3 nitrogen and oxygen atoms in total. The van der Waals surface area contributed by atoms with Crippen molar-refractivity contribution in [1.82, 2.24) is 10.6 Å². The lowest BCUT2D eigenvalue weighted by Gasteiger charge is -2.22. The van der Waals surface area contributed by atoms with E-state index in [2.05, 4.69) is 10.6 Å². The Kier molecular flexibility index (Phi) is 8.14. The van der Waals surface area contributed by atoms with Gasteiger partial charge in [0, 0.05) is 6.54 Å². The first kappa shape index (κ1) is 13.9.